The first-order chi connectivity index (χ1) is 18.8. The van der Waals surface area contributed by atoms with Gasteiger partial charge in [0.1, 0.15) is 0 Å². The molecule has 0 N–H and O–H groups in total. The molecule has 0 bridgehead atoms. The second kappa shape index (κ2) is 11.6. The van der Waals surface area contributed by atoms with Crippen molar-refractivity contribution in [2.45, 2.75) is 57.4 Å². The molecule has 0 saturated heterocycles. The van der Waals surface area contributed by atoms with Crippen LogP contribution in [0.15, 0.2) is 34.8 Å². The lowest BCUT2D eigenvalue weighted by Gasteiger charge is -2.43. The average molecular weight is 665 g/mol. The topological polar surface area (TPSA) is 59.1 Å². The predicted molar refractivity (Wildman–Crippen MR) is 130 cm³/mol. The lowest BCUT2D eigenvalue weighted by atomic mass is 9.89. The summed E-state index contributed by atoms with van der Waals surface area (Å²) < 4.78 is 131. The molecule has 2 amide bonds. The van der Waals surface area contributed by atoms with Gasteiger partial charge in [0.15, 0.2) is 0 Å². The number of ether oxygens (including phenoxy) is 2. The van der Waals surface area contributed by atoms with Crippen molar-refractivity contribution in [2.75, 3.05) is 18.6 Å². The highest BCUT2D eigenvalue weighted by atomic mass is 79.9. The first-order valence-corrected chi connectivity index (χ1v) is 12.6. The molecule has 6 nitrogen and oxygen atoms in total. The highest BCUT2D eigenvalue weighted by molar-refractivity contribution is 9.10. The van der Waals surface area contributed by atoms with Crippen molar-refractivity contribution >= 4 is 33.8 Å². The Morgan fingerprint density at radius 3 is 1.98 bits per heavy atom. The van der Waals surface area contributed by atoms with Crippen LogP contribution in [-0.2, 0) is 34.5 Å². The molecule has 1 heterocycles. The first-order valence-electron chi connectivity index (χ1n) is 11.8. The fourth-order valence-electron chi connectivity index (χ4n) is 4.56. The van der Waals surface area contributed by atoms with Gasteiger partial charge in [0, 0.05) is 17.1 Å². The smallest absolute Gasteiger partial charge is 0.417 e. The normalized spacial score (nSPS) is 17.6. The van der Waals surface area contributed by atoms with Crippen molar-refractivity contribution in [3.05, 3.63) is 62.6 Å². The summed E-state index contributed by atoms with van der Waals surface area (Å²) in [5.74, 6) is 0. The third kappa shape index (κ3) is 7.01. The fraction of sp³-hybridized carbons (Fsp3) is 0.440. The zero-order chi connectivity index (χ0) is 31.1. The average Bonchev–Trinajstić information content (AvgIpc) is 2.84. The molecule has 0 unspecified atom stereocenters. The number of amides is 2. The van der Waals surface area contributed by atoms with Gasteiger partial charge in [0.25, 0.3) is 0 Å². The number of alkyl halides is 9. The van der Waals surface area contributed by atoms with Crippen LogP contribution in [0.2, 0.25) is 0 Å². The van der Waals surface area contributed by atoms with Gasteiger partial charge in [-0.25, -0.2) is 9.59 Å². The summed E-state index contributed by atoms with van der Waals surface area (Å²) in [6.07, 6.45) is -17.5. The Bertz CT molecular complexity index is 1280. The molecule has 226 valence electrons. The van der Waals surface area contributed by atoms with Crippen LogP contribution < -0.4 is 4.90 Å². The molecule has 3 rings (SSSR count). The SMILES string of the molecule is CCOC(=O)N1c2cc(C(F)(F)F)c(Br)cc2[C@H](N(Cc2cc(C(F)(F)F)cc(C(F)(F)F)c2)C(=O)OC)C[C@@H]1C. The van der Waals surface area contributed by atoms with Crippen molar-refractivity contribution in [3.8, 4) is 0 Å². The number of hydrogen-bond acceptors (Lipinski definition) is 4. The molecule has 0 aliphatic carbocycles. The Hall–Kier alpha value is -3.17. The van der Waals surface area contributed by atoms with Crippen LogP contribution in [0.25, 0.3) is 0 Å². The molecule has 1 aliphatic rings. The molecule has 0 aromatic heterocycles. The van der Waals surface area contributed by atoms with Crippen molar-refractivity contribution in [3.63, 3.8) is 0 Å². The van der Waals surface area contributed by atoms with E-state index in [9.17, 15) is 49.1 Å². The molecule has 41 heavy (non-hydrogen) atoms. The van der Waals surface area contributed by atoms with Crippen LogP contribution in [0.1, 0.15) is 54.1 Å². The van der Waals surface area contributed by atoms with Crippen molar-refractivity contribution < 1.29 is 58.6 Å². The van der Waals surface area contributed by atoms with Crippen molar-refractivity contribution in [2.24, 2.45) is 0 Å². The Morgan fingerprint density at radius 1 is 0.951 bits per heavy atom. The van der Waals surface area contributed by atoms with Gasteiger partial charge in [-0.05, 0) is 61.7 Å². The molecular weight excluding hydrogens is 643 g/mol. The van der Waals surface area contributed by atoms with E-state index in [2.05, 4.69) is 15.9 Å². The summed E-state index contributed by atoms with van der Waals surface area (Å²) >= 11 is 2.83. The maximum atomic E-state index is 13.8. The minimum atomic E-state index is -5.16. The van der Waals surface area contributed by atoms with Gasteiger partial charge in [-0.3, -0.25) is 9.80 Å². The summed E-state index contributed by atoms with van der Waals surface area (Å²) in [5.41, 5.74) is -5.33. The van der Waals surface area contributed by atoms with E-state index >= 15 is 0 Å². The van der Waals surface area contributed by atoms with Crippen LogP contribution in [0.3, 0.4) is 0 Å². The van der Waals surface area contributed by atoms with Crippen molar-refractivity contribution in [1.82, 2.24) is 4.90 Å². The summed E-state index contributed by atoms with van der Waals surface area (Å²) in [6, 6.07) is 0.285. The van der Waals surface area contributed by atoms with E-state index < -0.39 is 76.1 Å². The van der Waals surface area contributed by atoms with Gasteiger partial charge in [0.2, 0.25) is 0 Å². The molecule has 0 radical (unpaired) electrons. The van der Waals surface area contributed by atoms with E-state index in [1.807, 2.05) is 0 Å². The van der Waals surface area contributed by atoms with E-state index in [0.29, 0.717) is 18.2 Å². The maximum Gasteiger partial charge on any atom is 0.417 e. The van der Waals surface area contributed by atoms with Gasteiger partial charge >= 0.3 is 30.7 Å². The van der Waals surface area contributed by atoms with Crippen LogP contribution in [0.4, 0.5) is 54.8 Å². The monoisotopic (exact) mass is 664 g/mol. The quantitative estimate of drug-likeness (QED) is 0.307. The van der Waals surface area contributed by atoms with Gasteiger partial charge in [0.05, 0.1) is 42.1 Å². The Morgan fingerprint density at radius 2 is 1.51 bits per heavy atom. The third-order valence-electron chi connectivity index (χ3n) is 6.30. The highest BCUT2D eigenvalue weighted by Crippen LogP contribution is 2.47. The Labute approximate surface area is 236 Å². The number of benzene rings is 2. The van der Waals surface area contributed by atoms with E-state index in [-0.39, 0.29) is 30.3 Å². The van der Waals surface area contributed by atoms with Gasteiger partial charge in [-0.1, -0.05) is 15.9 Å². The molecule has 0 spiro atoms. The number of hydrogen-bond donors (Lipinski definition) is 0. The van der Waals surface area contributed by atoms with E-state index in [0.717, 1.165) is 23.0 Å². The third-order valence-corrected chi connectivity index (χ3v) is 6.95. The minimum absolute atomic E-state index is 0.0514. The predicted octanol–water partition coefficient (Wildman–Crippen LogP) is 8.57. The first kappa shape index (κ1) is 32.3. The number of nitrogens with zero attached hydrogens (tertiary/aromatic N) is 2. The molecule has 0 saturated carbocycles. The fourth-order valence-corrected chi connectivity index (χ4v) is 5.14. The van der Waals surface area contributed by atoms with Gasteiger partial charge < -0.3 is 9.47 Å². The molecule has 16 heteroatoms. The number of halogens is 10. The number of rotatable bonds is 4. The molecule has 2 aromatic carbocycles. The number of anilines is 1. The van der Waals surface area contributed by atoms with Crippen molar-refractivity contribution in [1.29, 1.82) is 0 Å². The highest BCUT2D eigenvalue weighted by Gasteiger charge is 2.43. The second-order valence-electron chi connectivity index (χ2n) is 9.07. The Balaban J connectivity index is 2.23. The van der Waals surface area contributed by atoms with E-state index in [1.54, 1.807) is 0 Å². The minimum Gasteiger partial charge on any atom is -0.453 e. The largest absolute Gasteiger partial charge is 0.453 e. The van der Waals surface area contributed by atoms with Gasteiger partial charge in [-0.2, -0.15) is 39.5 Å². The standard InChI is InChI=1S/C25H22BrF9N2O4/c1-4-41-22(39)37-12(2)5-19(16-9-18(26)17(10-20(16)37)25(33,34)35)36(21(38)40-3)11-13-6-14(23(27,28)29)8-15(7-13)24(30,31)32/h6-10,12,19H,4-5,11H2,1-3H3/t12-,19+/m0/s1. The molecule has 2 aromatic rings. The molecule has 2 atom stereocenters. The number of methoxy groups -OCH3 is 1. The van der Waals surface area contributed by atoms with E-state index in [1.165, 1.54) is 13.8 Å². The van der Waals surface area contributed by atoms with Crippen LogP contribution in [0.5, 0.6) is 0 Å². The molecule has 1 aliphatic heterocycles. The number of carbonyl (C=O) groups excluding carboxylic acids is 2. The second-order valence-corrected chi connectivity index (χ2v) is 9.92. The zero-order valence-corrected chi connectivity index (χ0v) is 23.1. The summed E-state index contributed by atoms with van der Waals surface area (Å²) in [6.45, 7) is 1.95. The molecule has 0 fully saturated rings. The molecular formula is C25H22BrF9N2O4. The maximum absolute atomic E-state index is 13.8. The lowest BCUT2D eigenvalue weighted by Crippen LogP contribution is -2.47. The summed E-state index contributed by atoms with van der Waals surface area (Å²) in [5, 5.41) is 0. The van der Waals surface area contributed by atoms with Gasteiger partial charge in [-0.15, -0.1) is 0 Å². The van der Waals surface area contributed by atoms with Crippen LogP contribution in [-0.4, -0.2) is 36.8 Å². The van der Waals surface area contributed by atoms with Crippen LogP contribution in [0, 0.1) is 0 Å². The van der Waals surface area contributed by atoms with E-state index in [4.69, 9.17) is 9.47 Å². The zero-order valence-electron chi connectivity index (χ0n) is 21.5. The summed E-state index contributed by atoms with van der Waals surface area (Å²) in [7, 11) is 0.920. The van der Waals surface area contributed by atoms with Crippen LogP contribution >= 0.6 is 15.9 Å². The lowest BCUT2D eigenvalue weighted by molar-refractivity contribution is -0.143. The summed E-state index contributed by atoms with van der Waals surface area (Å²) in [4.78, 5) is 27.4. The Kier molecular flexibility index (Phi) is 9.16. The number of fused-ring (bicyclic) bond motifs is 1. The number of carbonyl (C=O) groups is 2.